The van der Waals surface area contributed by atoms with E-state index in [-0.39, 0.29) is 21.2 Å². The van der Waals surface area contributed by atoms with Crippen molar-refractivity contribution in [2.24, 2.45) is 58.2 Å². The van der Waals surface area contributed by atoms with E-state index in [9.17, 15) is 29.4 Å². The Hall–Kier alpha value is -3.50. The van der Waals surface area contributed by atoms with Gasteiger partial charge in [-0.2, -0.15) is 0 Å². The van der Waals surface area contributed by atoms with Gasteiger partial charge < -0.3 is 31.1 Å². The van der Waals surface area contributed by atoms with Crippen molar-refractivity contribution in [3.63, 3.8) is 0 Å². The van der Waals surface area contributed by atoms with Crippen LogP contribution in [0.15, 0.2) is 24.3 Å². The van der Waals surface area contributed by atoms with E-state index in [2.05, 4.69) is 45.3 Å². The molecule has 0 spiro atoms. The molecule has 6 N–H and O–H groups in total. The molecule has 4 aliphatic carbocycles. The van der Waals surface area contributed by atoms with Gasteiger partial charge in [-0.15, -0.1) is 0 Å². The van der Waals surface area contributed by atoms with Crippen LogP contribution in [-0.2, 0) is 9.59 Å². The topological polar surface area (TPSA) is 173 Å². The van der Waals surface area contributed by atoms with Crippen molar-refractivity contribution in [2.45, 2.75) is 137 Å². The van der Waals surface area contributed by atoms with Gasteiger partial charge in [-0.25, -0.2) is 0 Å². The maximum absolute atomic E-state index is 13.1. The SMILES string of the molecule is CC(C)CCCC(C)[C@H]1CCC2C3CCC4C[C@@H](CCCC(c5cc(Cl)c(O)c(C(=O)NCC(=O)O)c5)c5cc(Cl)c(O)c(C(=O)NCC(=O)O)c5)CC[C@]4(C)C3CC[C@@]21C. The molecule has 336 valence electrons. The minimum absolute atomic E-state index is 0.109. The number of carbonyl (C=O) groups is 4. The average molecular weight is 884 g/mol. The smallest absolute Gasteiger partial charge is 0.322 e. The first kappa shape index (κ1) is 47.0. The van der Waals surface area contributed by atoms with E-state index in [1.165, 1.54) is 89.2 Å². The van der Waals surface area contributed by atoms with Crippen LogP contribution >= 0.6 is 23.2 Å². The van der Waals surface area contributed by atoms with Gasteiger partial charge in [0, 0.05) is 5.92 Å². The molecule has 4 saturated carbocycles. The number of rotatable bonds is 17. The monoisotopic (exact) mass is 882 g/mol. The number of phenols is 2. The normalized spacial score (nSPS) is 28.7. The molecule has 6 rings (SSSR count). The standard InChI is InChI=1S/C49H68Cl2N2O8/c1-27(2)8-6-9-28(3)37-14-15-38-34-13-12-32-20-29(16-18-48(32,4)39(34)17-19-49(37,38)5)10-7-11-33(30-21-35(44(58)40(50)23-30)46(60)52-25-42(54)55)31-22-36(45(59)41(51)24-31)47(61)53-26-43(56)57/h21-24,27-29,32-34,37-39,58-59H,6-20,25-26H2,1-5H3,(H,52,60)(H,53,61)(H,54,55)(H,56,57)/t28?,29-,32?,34?,37+,38?,39?,48-,49+/m0/s1. The minimum Gasteiger partial charge on any atom is -0.506 e. The van der Waals surface area contributed by atoms with Gasteiger partial charge in [-0.3, -0.25) is 19.2 Å². The lowest BCUT2D eigenvalue weighted by Gasteiger charge is -2.61. The Bertz CT molecular complexity index is 1870. The second-order valence-corrected chi connectivity index (χ2v) is 21.1. The zero-order chi connectivity index (χ0) is 44.4. The van der Waals surface area contributed by atoms with Crippen LogP contribution in [0.5, 0.6) is 11.5 Å². The Morgan fingerprint density at radius 3 is 1.82 bits per heavy atom. The lowest BCUT2D eigenvalue weighted by atomic mass is 9.44. The van der Waals surface area contributed by atoms with Crippen molar-refractivity contribution in [1.82, 2.24) is 10.6 Å². The molecule has 4 aliphatic rings. The third kappa shape index (κ3) is 10.2. The molecule has 0 heterocycles. The summed E-state index contributed by atoms with van der Waals surface area (Å²) in [6, 6.07) is 6.02. The molecule has 4 fully saturated rings. The number of hydrogen-bond acceptors (Lipinski definition) is 6. The molecular weight excluding hydrogens is 815 g/mol. The summed E-state index contributed by atoms with van der Waals surface area (Å²) in [4.78, 5) is 48.5. The summed E-state index contributed by atoms with van der Waals surface area (Å²) in [5, 5.41) is 44.2. The van der Waals surface area contributed by atoms with Crippen molar-refractivity contribution in [2.75, 3.05) is 13.1 Å². The largest absolute Gasteiger partial charge is 0.506 e. The number of benzene rings is 2. The Balaban J connectivity index is 1.17. The van der Waals surface area contributed by atoms with E-state index in [0.717, 1.165) is 48.3 Å². The number of aromatic hydroxyl groups is 2. The third-order valence-electron chi connectivity index (χ3n) is 16.3. The highest BCUT2D eigenvalue weighted by atomic mass is 35.5. The van der Waals surface area contributed by atoms with Crippen molar-refractivity contribution in [3.05, 3.63) is 56.6 Å². The fraction of sp³-hybridized carbons (Fsp3) is 0.673. The molecule has 2 aromatic rings. The van der Waals surface area contributed by atoms with E-state index in [1.54, 1.807) is 12.1 Å². The van der Waals surface area contributed by atoms with E-state index in [1.807, 2.05) is 0 Å². The second-order valence-electron chi connectivity index (χ2n) is 20.3. The summed E-state index contributed by atoms with van der Waals surface area (Å²) in [5.74, 6) is 0.537. The van der Waals surface area contributed by atoms with Crippen LogP contribution < -0.4 is 10.6 Å². The highest BCUT2D eigenvalue weighted by molar-refractivity contribution is 6.33. The maximum Gasteiger partial charge on any atom is 0.322 e. The van der Waals surface area contributed by atoms with Crippen LogP contribution in [0.4, 0.5) is 0 Å². The number of phenolic OH excluding ortho intramolecular Hbond substituents is 2. The Morgan fingerprint density at radius 1 is 0.705 bits per heavy atom. The van der Waals surface area contributed by atoms with Crippen LogP contribution in [-0.4, -0.2) is 57.3 Å². The van der Waals surface area contributed by atoms with Crippen LogP contribution in [0, 0.1) is 58.2 Å². The van der Waals surface area contributed by atoms with Gasteiger partial charge in [0.2, 0.25) is 0 Å². The molecular formula is C49H68Cl2N2O8. The lowest BCUT2D eigenvalue weighted by molar-refractivity contribution is -0.136. The summed E-state index contributed by atoms with van der Waals surface area (Å²) >= 11 is 13.0. The van der Waals surface area contributed by atoms with E-state index in [4.69, 9.17) is 33.4 Å². The molecule has 12 heteroatoms. The average Bonchev–Trinajstić information content (AvgIpc) is 3.57. The molecule has 10 nitrogen and oxygen atoms in total. The van der Waals surface area contributed by atoms with Gasteiger partial charge in [-0.05, 0) is 158 Å². The van der Waals surface area contributed by atoms with Crippen molar-refractivity contribution >= 4 is 47.0 Å². The molecule has 5 unspecified atom stereocenters. The summed E-state index contributed by atoms with van der Waals surface area (Å²) in [6.45, 7) is 11.2. The summed E-state index contributed by atoms with van der Waals surface area (Å²) < 4.78 is 0. The van der Waals surface area contributed by atoms with E-state index >= 15 is 0 Å². The molecule has 0 aromatic heterocycles. The summed E-state index contributed by atoms with van der Waals surface area (Å²) in [6.07, 6.45) is 18.2. The zero-order valence-electron chi connectivity index (χ0n) is 36.7. The molecule has 0 saturated heterocycles. The van der Waals surface area contributed by atoms with Crippen LogP contribution in [0.2, 0.25) is 10.0 Å². The van der Waals surface area contributed by atoms with Crippen LogP contribution in [0.1, 0.15) is 169 Å². The number of carbonyl (C=O) groups excluding carboxylic acids is 2. The molecule has 9 atom stereocenters. The molecule has 61 heavy (non-hydrogen) atoms. The Kier molecular flexibility index (Phi) is 15.0. The first-order valence-corrected chi connectivity index (χ1v) is 23.6. The molecule has 0 bridgehead atoms. The number of carboxylic acids is 2. The third-order valence-corrected chi connectivity index (χ3v) is 16.9. The van der Waals surface area contributed by atoms with E-state index in [0.29, 0.717) is 40.2 Å². The summed E-state index contributed by atoms with van der Waals surface area (Å²) in [5.41, 5.74) is 1.50. The fourth-order valence-corrected chi connectivity index (χ4v) is 13.7. The van der Waals surface area contributed by atoms with Crippen molar-refractivity contribution in [1.29, 1.82) is 0 Å². The van der Waals surface area contributed by atoms with Crippen LogP contribution in [0.25, 0.3) is 0 Å². The number of aliphatic carboxylic acids is 2. The number of hydrogen-bond donors (Lipinski definition) is 6. The lowest BCUT2D eigenvalue weighted by Crippen LogP contribution is -2.53. The predicted octanol–water partition coefficient (Wildman–Crippen LogP) is 11.1. The van der Waals surface area contributed by atoms with Crippen molar-refractivity contribution < 1.29 is 39.6 Å². The first-order chi connectivity index (χ1) is 28.8. The molecule has 2 aromatic carbocycles. The minimum atomic E-state index is -1.25. The van der Waals surface area contributed by atoms with Gasteiger partial charge in [0.1, 0.15) is 24.6 Å². The van der Waals surface area contributed by atoms with Gasteiger partial charge in [-0.1, -0.05) is 89.9 Å². The quantitative estimate of drug-likeness (QED) is 0.0911. The predicted molar refractivity (Wildman–Crippen MR) is 238 cm³/mol. The van der Waals surface area contributed by atoms with Gasteiger partial charge in [0.05, 0.1) is 21.2 Å². The fourth-order valence-electron chi connectivity index (χ4n) is 13.3. The number of halogens is 2. The number of carboxylic acid groups (broad SMARTS) is 2. The number of fused-ring (bicyclic) bond motifs is 5. The van der Waals surface area contributed by atoms with Gasteiger partial charge in [0.15, 0.2) is 0 Å². The molecule has 0 aliphatic heterocycles. The van der Waals surface area contributed by atoms with E-state index < -0.39 is 54.3 Å². The molecule has 0 radical (unpaired) electrons. The highest BCUT2D eigenvalue weighted by Gasteiger charge is 2.60. The van der Waals surface area contributed by atoms with Crippen LogP contribution in [0.3, 0.4) is 0 Å². The Labute approximate surface area is 371 Å². The zero-order valence-corrected chi connectivity index (χ0v) is 38.2. The highest BCUT2D eigenvalue weighted by Crippen LogP contribution is 2.69. The van der Waals surface area contributed by atoms with Crippen molar-refractivity contribution in [3.8, 4) is 11.5 Å². The number of amides is 2. The summed E-state index contributed by atoms with van der Waals surface area (Å²) in [7, 11) is 0. The van der Waals surface area contributed by atoms with Gasteiger partial charge >= 0.3 is 11.9 Å². The van der Waals surface area contributed by atoms with Gasteiger partial charge in [0.25, 0.3) is 11.8 Å². The Morgan fingerprint density at radius 2 is 1.26 bits per heavy atom. The maximum atomic E-state index is 13.1. The molecule has 2 amide bonds. The number of nitrogens with one attached hydrogen (secondary N) is 2. The first-order valence-electron chi connectivity index (χ1n) is 22.9. The second kappa shape index (κ2) is 19.5.